The van der Waals surface area contributed by atoms with E-state index >= 15 is 0 Å². The van der Waals surface area contributed by atoms with Gasteiger partial charge < -0.3 is 34.5 Å². The Labute approximate surface area is 183 Å². The van der Waals surface area contributed by atoms with Gasteiger partial charge in [0, 0.05) is 11.6 Å². The molecule has 10 nitrogen and oxygen atoms in total. The second-order valence-corrected chi connectivity index (χ2v) is 6.64. The minimum Gasteiger partial charge on any atom is -0.497 e. The van der Waals surface area contributed by atoms with E-state index in [1.165, 1.54) is 32.4 Å². The van der Waals surface area contributed by atoms with Crippen molar-refractivity contribution in [3.63, 3.8) is 0 Å². The molecule has 1 heterocycles. The average molecular weight is 443 g/mol. The quantitative estimate of drug-likeness (QED) is 0.489. The third-order valence-corrected chi connectivity index (χ3v) is 4.55. The number of amides is 1. The summed E-state index contributed by atoms with van der Waals surface area (Å²) in [6.45, 7) is -1.23. The maximum absolute atomic E-state index is 12.7. The van der Waals surface area contributed by atoms with Crippen LogP contribution >= 0.6 is 0 Å². The number of rotatable bonds is 9. The lowest BCUT2D eigenvalue weighted by Gasteiger charge is -2.12. The standard InChI is InChI=1S/C22H21NO9/c1-29-13-4-6-17(30-2)12(7-13)8-19-21(26)15-5-3-14(9-18(15)32-19)31-11-20(25)23-16(10-24)22(27)28/h3-9,16,24H,10-11H2,1-2H3,(H,23,25)(H,27,28)/b19-8-/t16-/m0/s1. The van der Waals surface area contributed by atoms with Crippen molar-refractivity contribution in [3.8, 4) is 23.0 Å². The summed E-state index contributed by atoms with van der Waals surface area (Å²) in [6, 6.07) is 8.16. The van der Waals surface area contributed by atoms with Crippen molar-refractivity contribution in [1.29, 1.82) is 0 Å². The molecule has 3 rings (SSSR count). The van der Waals surface area contributed by atoms with Gasteiger partial charge in [-0.05, 0) is 36.4 Å². The zero-order valence-electron chi connectivity index (χ0n) is 17.3. The Morgan fingerprint density at radius 3 is 2.53 bits per heavy atom. The first kappa shape index (κ1) is 22.6. The summed E-state index contributed by atoms with van der Waals surface area (Å²) in [7, 11) is 3.04. The molecule has 0 spiro atoms. The summed E-state index contributed by atoms with van der Waals surface area (Å²) in [5.74, 6) is -0.742. The maximum atomic E-state index is 12.7. The molecule has 0 saturated heterocycles. The van der Waals surface area contributed by atoms with E-state index < -0.39 is 31.1 Å². The Balaban J connectivity index is 1.73. The number of Topliss-reactive ketones (excluding diaryl/α,β-unsaturated/α-hetero) is 1. The zero-order valence-corrected chi connectivity index (χ0v) is 17.3. The van der Waals surface area contributed by atoms with Crippen LogP contribution in [0, 0.1) is 0 Å². The molecule has 0 unspecified atom stereocenters. The smallest absolute Gasteiger partial charge is 0.328 e. The lowest BCUT2D eigenvalue weighted by Crippen LogP contribution is -2.45. The molecule has 1 atom stereocenters. The monoisotopic (exact) mass is 443 g/mol. The van der Waals surface area contributed by atoms with Gasteiger partial charge in [0.1, 0.15) is 29.0 Å². The number of carboxylic acid groups (broad SMARTS) is 1. The number of hydrogen-bond donors (Lipinski definition) is 3. The average Bonchev–Trinajstić information content (AvgIpc) is 3.10. The summed E-state index contributed by atoms with van der Waals surface area (Å²) in [5.41, 5.74) is 0.911. The fourth-order valence-electron chi connectivity index (χ4n) is 2.92. The van der Waals surface area contributed by atoms with Gasteiger partial charge in [-0.3, -0.25) is 9.59 Å². The molecule has 32 heavy (non-hydrogen) atoms. The normalized spacial score (nSPS) is 14.3. The minimum absolute atomic E-state index is 0.0775. The topological polar surface area (TPSA) is 141 Å². The number of ether oxygens (including phenoxy) is 4. The van der Waals surface area contributed by atoms with E-state index in [2.05, 4.69) is 5.32 Å². The Hall–Kier alpha value is -4.05. The number of methoxy groups -OCH3 is 2. The van der Waals surface area contributed by atoms with Crippen LogP contribution in [0.4, 0.5) is 0 Å². The van der Waals surface area contributed by atoms with Gasteiger partial charge in [0.05, 0.1) is 26.4 Å². The Kier molecular flexibility index (Phi) is 6.96. The molecule has 1 amide bonds. The first-order chi connectivity index (χ1) is 15.4. The number of aliphatic hydroxyl groups is 1. The van der Waals surface area contributed by atoms with Crippen LogP contribution in [0.25, 0.3) is 6.08 Å². The summed E-state index contributed by atoms with van der Waals surface area (Å²) in [4.78, 5) is 35.4. The molecule has 1 aliphatic rings. The van der Waals surface area contributed by atoms with Crippen LogP contribution in [0.15, 0.2) is 42.2 Å². The fraction of sp³-hybridized carbons (Fsp3) is 0.227. The third kappa shape index (κ3) is 4.98. The summed E-state index contributed by atoms with van der Waals surface area (Å²) in [5, 5.41) is 19.9. The number of carboxylic acids is 1. The lowest BCUT2D eigenvalue weighted by atomic mass is 10.1. The second kappa shape index (κ2) is 9.84. The molecular weight excluding hydrogens is 422 g/mol. The largest absolute Gasteiger partial charge is 0.497 e. The first-order valence-electron chi connectivity index (χ1n) is 9.42. The molecule has 0 aliphatic carbocycles. The SMILES string of the molecule is COc1ccc(OC)c(/C=C2\Oc3cc(OCC(=O)N[C@@H](CO)C(=O)O)ccc3C2=O)c1. The number of aliphatic carboxylic acids is 1. The van der Waals surface area contributed by atoms with E-state index in [1.54, 1.807) is 24.3 Å². The molecule has 0 saturated carbocycles. The van der Waals surface area contributed by atoms with Gasteiger partial charge in [-0.1, -0.05) is 0 Å². The fourth-order valence-corrected chi connectivity index (χ4v) is 2.92. The van der Waals surface area contributed by atoms with Crippen molar-refractivity contribution in [2.75, 3.05) is 27.4 Å². The highest BCUT2D eigenvalue weighted by Crippen LogP contribution is 2.36. The predicted octanol–water partition coefficient (Wildman–Crippen LogP) is 1.26. The van der Waals surface area contributed by atoms with Gasteiger partial charge >= 0.3 is 5.97 Å². The number of carbonyl (C=O) groups is 3. The van der Waals surface area contributed by atoms with Gasteiger partial charge in [-0.2, -0.15) is 0 Å². The summed E-state index contributed by atoms with van der Waals surface area (Å²) < 4.78 is 21.5. The van der Waals surface area contributed by atoms with Crippen molar-refractivity contribution in [2.24, 2.45) is 0 Å². The Morgan fingerprint density at radius 2 is 1.88 bits per heavy atom. The molecule has 1 aliphatic heterocycles. The maximum Gasteiger partial charge on any atom is 0.328 e. The number of nitrogens with one attached hydrogen (secondary N) is 1. The number of allylic oxidation sites excluding steroid dienone is 1. The molecule has 0 radical (unpaired) electrons. The van der Waals surface area contributed by atoms with E-state index in [1.807, 2.05) is 0 Å². The predicted molar refractivity (Wildman–Crippen MR) is 111 cm³/mol. The van der Waals surface area contributed by atoms with Gasteiger partial charge in [0.2, 0.25) is 5.78 Å². The molecule has 3 N–H and O–H groups in total. The molecule has 2 aromatic rings. The van der Waals surface area contributed by atoms with Crippen LogP contribution in [0.2, 0.25) is 0 Å². The minimum atomic E-state index is -1.42. The summed E-state index contributed by atoms with van der Waals surface area (Å²) in [6.07, 6.45) is 1.54. The van der Waals surface area contributed by atoms with E-state index in [0.29, 0.717) is 22.6 Å². The van der Waals surface area contributed by atoms with E-state index in [4.69, 9.17) is 29.2 Å². The highest BCUT2D eigenvalue weighted by atomic mass is 16.5. The van der Waals surface area contributed by atoms with E-state index in [0.717, 1.165) is 0 Å². The van der Waals surface area contributed by atoms with Gasteiger partial charge in [0.25, 0.3) is 5.91 Å². The van der Waals surface area contributed by atoms with Crippen molar-refractivity contribution < 1.29 is 43.5 Å². The number of hydrogen-bond acceptors (Lipinski definition) is 8. The first-order valence-corrected chi connectivity index (χ1v) is 9.42. The number of benzene rings is 2. The highest BCUT2D eigenvalue weighted by Gasteiger charge is 2.28. The summed E-state index contributed by atoms with van der Waals surface area (Å²) >= 11 is 0. The Morgan fingerprint density at radius 1 is 1.12 bits per heavy atom. The van der Waals surface area contributed by atoms with E-state index in [-0.39, 0.29) is 23.0 Å². The van der Waals surface area contributed by atoms with Crippen LogP contribution in [-0.2, 0) is 9.59 Å². The van der Waals surface area contributed by atoms with Crippen LogP contribution in [0.5, 0.6) is 23.0 Å². The zero-order chi connectivity index (χ0) is 23.3. The van der Waals surface area contributed by atoms with Crippen LogP contribution in [0.3, 0.4) is 0 Å². The Bertz CT molecular complexity index is 1080. The molecule has 2 aromatic carbocycles. The molecular formula is C22H21NO9. The van der Waals surface area contributed by atoms with Crippen molar-refractivity contribution in [1.82, 2.24) is 5.32 Å². The highest BCUT2D eigenvalue weighted by molar-refractivity contribution is 6.14. The van der Waals surface area contributed by atoms with Crippen molar-refractivity contribution in [2.45, 2.75) is 6.04 Å². The van der Waals surface area contributed by atoms with Crippen LogP contribution < -0.4 is 24.3 Å². The van der Waals surface area contributed by atoms with Gasteiger partial charge in [0.15, 0.2) is 12.4 Å². The number of ketones is 1. The molecule has 0 bridgehead atoms. The van der Waals surface area contributed by atoms with Gasteiger partial charge in [-0.25, -0.2) is 4.79 Å². The molecule has 10 heteroatoms. The number of fused-ring (bicyclic) bond motifs is 1. The van der Waals surface area contributed by atoms with Gasteiger partial charge in [-0.15, -0.1) is 0 Å². The molecule has 0 aromatic heterocycles. The lowest BCUT2D eigenvalue weighted by molar-refractivity contribution is -0.143. The van der Waals surface area contributed by atoms with Crippen LogP contribution in [-0.4, -0.2) is 61.3 Å². The van der Waals surface area contributed by atoms with Crippen LogP contribution in [0.1, 0.15) is 15.9 Å². The third-order valence-electron chi connectivity index (χ3n) is 4.55. The number of aliphatic hydroxyl groups excluding tert-OH is 1. The number of carbonyl (C=O) groups excluding carboxylic acids is 2. The van der Waals surface area contributed by atoms with E-state index in [9.17, 15) is 14.4 Å². The van der Waals surface area contributed by atoms with Crippen molar-refractivity contribution in [3.05, 3.63) is 53.3 Å². The molecule has 0 fully saturated rings. The second-order valence-electron chi connectivity index (χ2n) is 6.64. The van der Waals surface area contributed by atoms with Crippen molar-refractivity contribution >= 4 is 23.7 Å². The molecule has 168 valence electrons.